The molecule has 0 spiro atoms. The minimum Gasteiger partial charge on any atom is -0.423 e. The van der Waals surface area contributed by atoms with E-state index in [1.54, 1.807) is 6.07 Å². The van der Waals surface area contributed by atoms with Crippen molar-refractivity contribution in [2.24, 2.45) is 0 Å². The molecule has 0 aliphatic rings. The second-order valence-corrected chi connectivity index (χ2v) is 3.55. The predicted octanol–water partition coefficient (Wildman–Crippen LogP) is -0.197. The SMILES string of the molecule is CCc1cc(C=O)c(B(O)O)s1. The van der Waals surface area contributed by atoms with E-state index in [9.17, 15) is 4.79 Å². The van der Waals surface area contributed by atoms with Gasteiger partial charge in [-0.25, -0.2) is 0 Å². The Morgan fingerprint density at radius 3 is 2.67 bits per heavy atom. The van der Waals surface area contributed by atoms with Gasteiger partial charge in [-0.1, -0.05) is 6.92 Å². The van der Waals surface area contributed by atoms with Crippen LogP contribution < -0.4 is 4.78 Å². The molecule has 0 amide bonds. The van der Waals surface area contributed by atoms with Gasteiger partial charge in [0.2, 0.25) is 0 Å². The van der Waals surface area contributed by atoms with Crippen molar-refractivity contribution < 1.29 is 14.8 Å². The summed E-state index contributed by atoms with van der Waals surface area (Å²) in [4.78, 5) is 11.4. The normalized spacial score (nSPS) is 9.92. The number of rotatable bonds is 3. The molecule has 5 heteroatoms. The van der Waals surface area contributed by atoms with Crippen LogP contribution >= 0.6 is 11.3 Å². The Morgan fingerprint density at radius 2 is 2.33 bits per heavy atom. The first-order valence-electron chi connectivity index (χ1n) is 3.63. The standard InChI is InChI=1S/C7H9BO3S/c1-2-6-3-5(4-9)7(12-6)8(10)11/h3-4,10-11H,2H2,1H3. The largest absolute Gasteiger partial charge is 0.499 e. The molecule has 0 aromatic carbocycles. The highest BCUT2D eigenvalue weighted by atomic mass is 32.1. The summed E-state index contributed by atoms with van der Waals surface area (Å²) in [6.07, 6.45) is 1.45. The lowest BCUT2D eigenvalue weighted by atomic mass is 9.86. The molecule has 0 aliphatic heterocycles. The number of hydrogen-bond acceptors (Lipinski definition) is 4. The molecular formula is C7H9BO3S. The number of hydrogen-bond donors (Lipinski definition) is 2. The molecule has 0 fully saturated rings. The average molecular weight is 184 g/mol. The molecule has 1 rings (SSSR count). The Hall–Kier alpha value is -0.645. The molecule has 0 saturated heterocycles. The Bertz CT molecular complexity index is 282. The van der Waals surface area contributed by atoms with Gasteiger partial charge in [0.25, 0.3) is 0 Å². The number of aryl methyl sites for hydroxylation is 1. The fraction of sp³-hybridized carbons (Fsp3) is 0.286. The molecule has 0 radical (unpaired) electrons. The van der Waals surface area contributed by atoms with Gasteiger partial charge in [-0.3, -0.25) is 4.79 Å². The van der Waals surface area contributed by atoms with E-state index >= 15 is 0 Å². The fourth-order valence-electron chi connectivity index (χ4n) is 0.942. The second-order valence-electron chi connectivity index (χ2n) is 2.38. The highest BCUT2D eigenvalue weighted by molar-refractivity contribution is 7.22. The maximum absolute atomic E-state index is 10.4. The second kappa shape index (κ2) is 3.84. The zero-order chi connectivity index (χ0) is 9.14. The fourth-order valence-corrected chi connectivity index (χ4v) is 1.89. The maximum atomic E-state index is 10.4. The average Bonchev–Trinajstić information content (AvgIpc) is 2.47. The van der Waals surface area contributed by atoms with Crippen molar-refractivity contribution in [1.29, 1.82) is 0 Å². The summed E-state index contributed by atoms with van der Waals surface area (Å²) in [7, 11) is -1.53. The summed E-state index contributed by atoms with van der Waals surface area (Å²) < 4.78 is 0.335. The zero-order valence-electron chi connectivity index (χ0n) is 6.65. The van der Waals surface area contributed by atoms with Crippen molar-refractivity contribution >= 4 is 29.5 Å². The quantitative estimate of drug-likeness (QED) is 0.505. The van der Waals surface area contributed by atoms with Crippen LogP contribution in [-0.4, -0.2) is 23.5 Å². The van der Waals surface area contributed by atoms with Gasteiger partial charge in [0, 0.05) is 15.2 Å². The van der Waals surface area contributed by atoms with Crippen molar-refractivity contribution in [3.8, 4) is 0 Å². The smallest absolute Gasteiger partial charge is 0.423 e. The van der Waals surface area contributed by atoms with Gasteiger partial charge < -0.3 is 10.0 Å². The third kappa shape index (κ3) is 1.74. The van der Waals surface area contributed by atoms with Gasteiger partial charge in [0.15, 0.2) is 6.29 Å². The van der Waals surface area contributed by atoms with Gasteiger partial charge in [-0.05, 0) is 12.5 Å². The molecule has 0 aliphatic carbocycles. The van der Waals surface area contributed by atoms with Crippen molar-refractivity contribution in [3.63, 3.8) is 0 Å². The Kier molecular flexibility index (Phi) is 3.02. The molecule has 12 heavy (non-hydrogen) atoms. The maximum Gasteiger partial charge on any atom is 0.499 e. The summed E-state index contributed by atoms with van der Waals surface area (Å²) in [5.74, 6) is 0. The summed E-state index contributed by atoms with van der Waals surface area (Å²) in [5, 5.41) is 17.7. The lowest BCUT2D eigenvalue weighted by molar-refractivity contribution is 0.112. The molecule has 1 aromatic heterocycles. The topological polar surface area (TPSA) is 57.5 Å². The molecule has 0 atom stereocenters. The minimum absolute atomic E-state index is 0.335. The molecule has 2 N–H and O–H groups in total. The number of carbonyl (C=O) groups is 1. The number of carbonyl (C=O) groups excluding carboxylic acids is 1. The summed E-state index contributed by atoms with van der Waals surface area (Å²) >= 11 is 1.26. The predicted molar refractivity (Wildman–Crippen MR) is 48.9 cm³/mol. The van der Waals surface area contributed by atoms with Crippen LogP contribution in [0, 0.1) is 0 Å². The zero-order valence-corrected chi connectivity index (χ0v) is 7.47. The lowest BCUT2D eigenvalue weighted by Crippen LogP contribution is -2.29. The van der Waals surface area contributed by atoms with E-state index in [0.717, 1.165) is 11.3 Å². The third-order valence-corrected chi connectivity index (χ3v) is 2.89. The van der Waals surface area contributed by atoms with Crippen molar-refractivity contribution in [1.82, 2.24) is 0 Å². The van der Waals surface area contributed by atoms with Crippen LogP contribution in [-0.2, 0) is 6.42 Å². The van der Waals surface area contributed by atoms with Crippen LogP contribution in [0.3, 0.4) is 0 Å². The van der Waals surface area contributed by atoms with Crippen LogP contribution in [0.4, 0.5) is 0 Å². The van der Waals surface area contributed by atoms with E-state index in [-0.39, 0.29) is 0 Å². The third-order valence-electron chi connectivity index (χ3n) is 1.55. The first-order chi connectivity index (χ1) is 5.69. The van der Waals surface area contributed by atoms with Gasteiger partial charge in [-0.15, -0.1) is 11.3 Å². The van der Waals surface area contributed by atoms with Crippen LogP contribution in [0.5, 0.6) is 0 Å². The molecule has 1 aromatic rings. The lowest BCUT2D eigenvalue weighted by Gasteiger charge is -1.92. The molecule has 1 heterocycles. The van der Waals surface area contributed by atoms with Crippen LogP contribution in [0.1, 0.15) is 22.2 Å². The number of thiophene rings is 1. The first-order valence-corrected chi connectivity index (χ1v) is 4.44. The Labute approximate surface area is 74.8 Å². The first kappa shape index (κ1) is 9.44. The number of aldehydes is 1. The van der Waals surface area contributed by atoms with Crippen LogP contribution in [0.25, 0.3) is 0 Å². The van der Waals surface area contributed by atoms with Crippen molar-refractivity contribution in [2.75, 3.05) is 0 Å². The van der Waals surface area contributed by atoms with Crippen LogP contribution in [0.15, 0.2) is 6.07 Å². The molecule has 0 saturated carbocycles. The van der Waals surface area contributed by atoms with E-state index in [0.29, 0.717) is 16.6 Å². The Morgan fingerprint density at radius 1 is 1.67 bits per heavy atom. The van der Waals surface area contributed by atoms with E-state index < -0.39 is 7.12 Å². The highest BCUT2D eigenvalue weighted by Gasteiger charge is 2.18. The van der Waals surface area contributed by atoms with Gasteiger partial charge >= 0.3 is 7.12 Å². The molecule has 0 unspecified atom stereocenters. The van der Waals surface area contributed by atoms with Gasteiger partial charge in [-0.2, -0.15) is 0 Å². The molecule has 64 valence electrons. The highest BCUT2D eigenvalue weighted by Crippen LogP contribution is 2.11. The van der Waals surface area contributed by atoms with Crippen molar-refractivity contribution in [3.05, 3.63) is 16.5 Å². The minimum atomic E-state index is -1.53. The van der Waals surface area contributed by atoms with Crippen LogP contribution in [0.2, 0.25) is 0 Å². The molecule has 0 bridgehead atoms. The van der Waals surface area contributed by atoms with E-state index in [1.807, 2.05) is 6.92 Å². The van der Waals surface area contributed by atoms with Gasteiger partial charge in [0.05, 0.1) is 0 Å². The molecule has 3 nitrogen and oxygen atoms in total. The Balaban J connectivity index is 3.08. The van der Waals surface area contributed by atoms with E-state index in [2.05, 4.69) is 0 Å². The summed E-state index contributed by atoms with van der Waals surface area (Å²) in [6, 6.07) is 1.69. The van der Waals surface area contributed by atoms with E-state index in [4.69, 9.17) is 10.0 Å². The summed E-state index contributed by atoms with van der Waals surface area (Å²) in [5.41, 5.74) is 0.381. The monoisotopic (exact) mass is 184 g/mol. The van der Waals surface area contributed by atoms with Crippen molar-refractivity contribution in [2.45, 2.75) is 13.3 Å². The van der Waals surface area contributed by atoms with E-state index in [1.165, 1.54) is 11.3 Å². The van der Waals surface area contributed by atoms with Gasteiger partial charge in [0.1, 0.15) is 0 Å². The molecular weight excluding hydrogens is 175 g/mol. The summed E-state index contributed by atoms with van der Waals surface area (Å²) in [6.45, 7) is 1.95.